The molecule has 0 saturated heterocycles. The first-order chi connectivity index (χ1) is 10.1. The van der Waals surface area contributed by atoms with Crippen molar-refractivity contribution >= 4 is 0 Å². The Labute approximate surface area is 130 Å². The number of allylic oxidation sites excluding steroid dienone is 3. The Morgan fingerprint density at radius 3 is 2.48 bits per heavy atom. The lowest BCUT2D eigenvalue weighted by Crippen LogP contribution is -2.38. The van der Waals surface area contributed by atoms with E-state index < -0.39 is 0 Å². The molecule has 2 heteroatoms. The Kier molecular flexibility index (Phi) is 8.72. The first-order valence-electron chi connectivity index (χ1n) is 7.88. The van der Waals surface area contributed by atoms with Crippen molar-refractivity contribution in [2.75, 3.05) is 13.1 Å². The van der Waals surface area contributed by atoms with Gasteiger partial charge in [0, 0.05) is 19.1 Å². The topological polar surface area (TPSA) is 38.0 Å². The minimum absolute atomic E-state index is 0.342. The number of hydrogen-bond acceptors (Lipinski definition) is 2. The van der Waals surface area contributed by atoms with Gasteiger partial charge in [0.05, 0.1) is 0 Å². The first-order valence-corrected chi connectivity index (χ1v) is 7.88. The van der Waals surface area contributed by atoms with Gasteiger partial charge in [0.15, 0.2) is 0 Å². The Hall–Kier alpha value is -1.38. The van der Waals surface area contributed by atoms with Gasteiger partial charge >= 0.3 is 0 Å². The van der Waals surface area contributed by atoms with E-state index in [1.807, 2.05) is 6.07 Å². The van der Waals surface area contributed by atoms with Crippen LogP contribution in [0.5, 0.6) is 0 Å². The Morgan fingerprint density at radius 1 is 1.14 bits per heavy atom. The fourth-order valence-corrected chi connectivity index (χ4v) is 2.23. The average molecular weight is 286 g/mol. The summed E-state index contributed by atoms with van der Waals surface area (Å²) in [6.45, 7) is 8.07. The molecule has 1 rings (SSSR count). The van der Waals surface area contributed by atoms with E-state index in [1.54, 1.807) is 0 Å². The standard InChI is InChI=1S/C19H30N2/c1-16(2)8-7-9-17(3)12-13-21-19(15-20)14-18-10-5-4-6-11-18/h4-6,8,10-12,19,21H,7,9,13-15,20H2,1-3H3. The van der Waals surface area contributed by atoms with E-state index in [1.165, 1.54) is 16.7 Å². The van der Waals surface area contributed by atoms with Crippen LogP contribution in [0.1, 0.15) is 39.2 Å². The van der Waals surface area contributed by atoms with E-state index in [0.29, 0.717) is 12.6 Å². The van der Waals surface area contributed by atoms with Crippen molar-refractivity contribution in [1.29, 1.82) is 0 Å². The largest absolute Gasteiger partial charge is 0.329 e. The molecule has 1 aromatic carbocycles. The van der Waals surface area contributed by atoms with Crippen LogP contribution in [0.4, 0.5) is 0 Å². The molecular weight excluding hydrogens is 256 g/mol. The molecule has 1 unspecified atom stereocenters. The molecule has 0 aliphatic rings. The van der Waals surface area contributed by atoms with Crippen LogP contribution in [0.3, 0.4) is 0 Å². The van der Waals surface area contributed by atoms with Gasteiger partial charge in [-0.3, -0.25) is 0 Å². The van der Waals surface area contributed by atoms with Crippen LogP contribution in [0.25, 0.3) is 0 Å². The molecule has 0 bridgehead atoms. The van der Waals surface area contributed by atoms with E-state index in [4.69, 9.17) is 5.73 Å². The third kappa shape index (κ3) is 8.49. The fourth-order valence-electron chi connectivity index (χ4n) is 2.23. The smallest absolute Gasteiger partial charge is 0.0233 e. The number of benzene rings is 1. The SMILES string of the molecule is CC(C)=CCCC(C)=CCNC(CN)Cc1ccccc1. The van der Waals surface area contributed by atoms with Crippen molar-refractivity contribution in [2.45, 2.75) is 46.1 Å². The Balaban J connectivity index is 2.32. The van der Waals surface area contributed by atoms with E-state index >= 15 is 0 Å². The van der Waals surface area contributed by atoms with Crippen LogP contribution in [0.2, 0.25) is 0 Å². The van der Waals surface area contributed by atoms with Gasteiger partial charge in [-0.05, 0) is 45.6 Å². The van der Waals surface area contributed by atoms with Gasteiger partial charge < -0.3 is 11.1 Å². The maximum Gasteiger partial charge on any atom is 0.0233 e. The number of rotatable bonds is 9. The van der Waals surface area contributed by atoms with Gasteiger partial charge in [0.2, 0.25) is 0 Å². The maximum atomic E-state index is 5.86. The summed E-state index contributed by atoms with van der Waals surface area (Å²) in [7, 11) is 0. The third-order valence-electron chi connectivity index (χ3n) is 3.56. The van der Waals surface area contributed by atoms with Crippen LogP contribution in [0, 0.1) is 0 Å². The summed E-state index contributed by atoms with van der Waals surface area (Å²) in [4.78, 5) is 0. The number of hydrogen-bond donors (Lipinski definition) is 2. The highest BCUT2D eigenvalue weighted by Gasteiger charge is 2.05. The van der Waals surface area contributed by atoms with Gasteiger partial charge in [-0.15, -0.1) is 0 Å². The van der Waals surface area contributed by atoms with Crippen LogP contribution >= 0.6 is 0 Å². The summed E-state index contributed by atoms with van der Waals surface area (Å²) >= 11 is 0. The molecule has 116 valence electrons. The molecule has 1 aromatic rings. The second-order valence-corrected chi connectivity index (χ2v) is 5.90. The minimum atomic E-state index is 0.342. The van der Waals surface area contributed by atoms with Crippen molar-refractivity contribution in [3.63, 3.8) is 0 Å². The van der Waals surface area contributed by atoms with Crippen molar-refractivity contribution < 1.29 is 0 Å². The van der Waals surface area contributed by atoms with Crippen molar-refractivity contribution in [1.82, 2.24) is 5.32 Å². The molecule has 2 nitrogen and oxygen atoms in total. The second-order valence-electron chi connectivity index (χ2n) is 5.90. The van der Waals surface area contributed by atoms with E-state index in [-0.39, 0.29) is 0 Å². The maximum absolute atomic E-state index is 5.86. The molecule has 0 saturated carbocycles. The summed E-state index contributed by atoms with van der Waals surface area (Å²) in [5, 5.41) is 3.53. The second kappa shape index (κ2) is 10.4. The molecule has 0 amide bonds. The predicted octanol–water partition coefficient (Wildman–Crippen LogP) is 3.84. The van der Waals surface area contributed by atoms with Crippen molar-refractivity contribution in [3.05, 3.63) is 59.2 Å². The quantitative estimate of drug-likeness (QED) is 0.677. The van der Waals surface area contributed by atoms with Crippen molar-refractivity contribution in [3.8, 4) is 0 Å². The zero-order chi connectivity index (χ0) is 15.5. The summed E-state index contributed by atoms with van der Waals surface area (Å²) in [5.74, 6) is 0. The molecular formula is C19H30N2. The van der Waals surface area contributed by atoms with Crippen molar-refractivity contribution in [2.24, 2.45) is 5.73 Å². The lowest BCUT2D eigenvalue weighted by molar-refractivity contribution is 0.544. The van der Waals surface area contributed by atoms with Gasteiger partial charge in [-0.1, -0.05) is 53.6 Å². The highest BCUT2D eigenvalue weighted by atomic mass is 14.9. The summed E-state index contributed by atoms with van der Waals surface area (Å²) in [5.41, 5.74) is 10.0. The summed E-state index contributed by atoms with van der Waals surface area (Å²) in [6, 6.07) is 10.9. The summed E-state index contributed by atoms with van der Waals surface area (Å²) < 4.78 is 0. The molecule has 0 aromatic heterocycles. The molecule has 3 N–H and O–H groups in total. The zero-order valence-corrected chi connectivity index (χ0v) is 13.7. The predicted molar refractivity (Wildman–Crippen MR) is 93.4 cm³/mol. The van der Waals surface area contributed by atoms with Crippen LogP contribution in [-0.4, -0.2) is 19.1 Å². The third-order valence-corrected chi connectivity index (χ3v) is 3.56. The highest BCUT2D eigenvalue weighted by molar-refractivity contribution is 5.16. The fraction of sp³-hybridized carbons (Fsp3) is 0.474. The number of nitrogens with two attached hydrogens (primary N) is 1. The molecule has 0 heterocycles. The highest BCUT2D eigenvalue weighted by Crippen LogP contribution is 2.06. The zero-order valence-electron chi connectivity index (χ0n) is 13.7. The number of nitrogens with one attached hydrogen (secondary N) is 1. The van der Waals surface area contributed by atoms with Crippen LogP contribution in [-0.2, 0) is 6.42 Å². The van der Waals surface area contributed by atoms with E-state index in [2.05, 4.69) is 62.5 Å². The molecule has 1 atom stereocenters. The molecule has 0 aliphatic heterocycles. The van der Waals surface area contributed by atoms with Gasteiger partial charge in [-0.2, -0.15) is 0 Å². The van der Waals surface area contributed by atoms with E-state index in [0.717, 1.165) is 25.8 Å². The van der Waals surface area contributed by atoms with Crippen LogP contribution < -0.4 is 11.1 Å². The van der Waals surface area contributed by atoms with E-state index in [9.17, 15) is 0 Å². The van der Waals surface area contributed by atoms with Gasteiger partial charge in [0.1, 0.15) is 0 Å². The molecule has 0 fully saturated rings. The van der Waals surface area contributed by atoms with Crippen LogP contribution in [0.15, 0.2) is 53.6 Å². The monoisotopic (exact) mass is 286 g/mol. The molecule has 0 radical (unpaired) electrons. The Morgan fingerprint density at radius 2 is 1.86 bits per heavy atom. The molecule has 0 aliphatic carbocycles. The Bertz CT molecular complexity index is 442. The van der Waals surface area contributed by atoms with Gasteiger partial charge in [-0.25, -0.2) is 0 Å². The first kappa shape index (κ1) is 17.7. The normalized spacial score (nSPS) is 13.0. The molecule has 0 spiro atoms. The lowest BCUT2D eigenvalue weighted by atomic mass is 10.1. The summed E-state index contributed by atoms with van der Waals surface area (Å²) in [6.07, 6.45) is 7.84. The lowest BCUT2D eigenvalue weighted by Gasteiger charge is -2.16. The minimum Gasteiger partial charge on any atom is -0.329 e. The average Bonchev–Trinajstić information content (AvgIpc) is 2.47. The van der Waals surface area contributed by atoms with Gasteiger partial charge in [0.25, 0.3) is 0 Å². The molecule has 21 heavy (non-hydrogen) atoms.